The molecular formula is C56H85NO15. The third kappa shape index (κ3) is 12.4. The van der Waals surface area contributed by atoms with Crippen LogP contribution in [-0.2, 0) is 56.9 Å². The molecule has 0 aliphatic carbocycles. The van der Waals surface area contributed by atoms with Crippen LogP contribution >= 0.6 is 0 Å². The molecule has 72 heavy (non-hydrogen) atoms. The number of fused-ring (bicyclic) bond motifs is 2. The molecule has 4 heterocycles. The van der Waals surface area contributed by atoms with Crippen molar-refractivity contribution < 1.29 is 71.6 Å². The number of likely N-dealkylation sites (N-methyl/N-ethyl adjacent to an activating group) is 1. The Labute approximate surface area is 428 Å². The summed E-state index contributed by atoms with van der Waals surface area (Å²) in [5.41, 5.74) is -3.14. The van der Waals surface area contributed by atoms with Crippen LogP contribution in [0.4, 0.5) is 0 Å². The zero-order valence-electron chi connectivity index (χ0n) is 45.7. The molecule has 404 valence electrons. The summed E-state index contributed by atoms with van der Waals surface area (Å²) in [6.07, 6.45) is -7.66. The van der Waals surface area contributed by atoms with E-state index in [9.17, 15) is 14.7 Å². The maximum Gasteiger partial charge on any atom is 0.338 e. The van der Waals surface area contributed by atoms with Crippen LogP contribution in [0.1, 0.15) is 136 Å². The fourth-order valence-electron chi connectivity index (χ4n) is 11.9. The first-order valence-corrected chi connectivity index (χ1v) is 26.0. The summed E-state index contributed by atoms with van der Waals surface area (Å²) in [5, 5.41) is 12.9. The fourth-order valence-corrected chi connectivity index (χ4v) is 11.9. The molecular weight excluding hydrogens is 927 g/mol. The molecule has 2 unspecified atom stereocenters. The van der Waals surface area contributed by atoms with E-state index in [4.69, 9.17) is 52.1 Å². The molecule has 2 bridgehead atoms. The van der Waals surface area contributed by atoms with Crippen LogP contribution in [0.2, 0.25) is 0 Å². The topological polar surface area (TPSA) is 176 Å². The standard InChI is InChI=1S/C56H85NO15/c1-17-41-56(61,18-2)47-34(5)43(71-53(9,10)72-47)32(3)30-54(11,62-15)46(70-52-45(40(57(13)14)29-33(4)64-52)68-50(59)38-25-21-19-22-26-38)35(6)44(36(7)49(58)66-41)67-42-31-55(12,63-16)48(37(8)65-42)69-51(60)39-27-23-20-24-28-39/h19-28,32-37,40-48,52,61H,17-18,29-31H2,1-16H3/t32-,33-,34+,35+,36-,37+,40+,41-,42?,43+,44+,45-,46-,47-,48+,52?,54-,55-,56-/m1/s1. The molecule has 0 spiro atoms. The monoisotopic (exact) mass is 1010 g/mol. The average Bonchev–Trinajstić information content (AvgIpc) is 3.35. The minimum absolute atomic E-state index is 0.0971. The van der Waals surface area contributed by atoms with E-state index in [0.717, 1.165) is 0 Å². The van der Waals surface area contributed by atoms with Gasteiger partial charge in [0.05, 0.1) is 65.3 Å². The second-order valence-electron chi connectivity index (χ2n) is 22.1. The van der Waals surface area contributed by atoms with E-state index in [-0.39, 0.29) is 43.2 Å². The predicted molar refractivity (Wildman–Crippen MR) is 268 cm³/mol. The van der Waals surface area contributed by atoms with Crippen molar-refractivity contribution in [2.75, 3.05) is 28.3 Å². The summed E-state index contributed by atoms with van der Waals surface area (Å²) in [5.74, 6) is -5.17. The molecule has 2 aromatic carbocycles. The summed E-state index contributed by atoms with van der Waals surface area (Å²) in [4.78, 5) is 44.5. The van der Waals surface area contributed by atoms with Crippen molar-refractivity contribution in [3.05, 3.63) is 71.8 Å². The second-order valence-corrected chi connectivity index (χ2v) is 22.1. The van der Waals surface area contributed by atoms with E-state index in [2.05, 4.69) is 6.92 Å². The lowest BCUT2D eigenvalue weighted by atomic mass is 9.71. The summed E-state index contributed by atoms with van der Waals surface area (Å²) in [7, 11) is 7.05. The molecule has 6 rings (SSSR count). The normalized spacial score (nSPS) is 40.9. The highest BCUT2D eigenvalue weighted by Gasteiger charge is 2.58. The van der Waals surface area contributed by atoms with E-state index in [0.29, 0.717) is 24.0 Å². The van der Waals surface area contributed by atoms with Crippen molar-refractivity contribution in [2.45, 2.75) is 211 Å². The van der Waals surface area contributed by atoms with Gasteiger partial charge in [-0.3, -0.25) is 4.79 Å². The number of benzene rings is 2. The zero-order valence-corrected chi connectivity index (χ0v) is 45.7. The van der Waals surface area contributed by atoms with Crippen molar-refractivity contribution in [3.63, 3.8) is 0 Å². The molecule has 4 aliphatic heterocycles. The van der Waals surface area contributed by atoms with Crippen molar-refractivity contribution in [1.29, 1.82) is 0 Å². The van der Waals surface area contributed by atoms with Crippen molar-refractivity contribution in [1.82, 2.24) is 4.90 Å². The van der Waals surface area contributed by atoms with Gasteiger partial charge >= 0.3 is 17.9 Å². The first-order valence-electron chi connectivity index (χ1n) is 26.0. The molecule has 4 fully saturated rings. The maximum absolute atomic E-state index is 15.1. The molecule has 16 nitrogen and oxygen atoms in total. The number of methoxy groups -OCH3 is 2. The Balaban J connectivity index is 1.47. The van der Waals surface area contributed by atoms with Gasteiger partial charge in [-0.15, -0.1) is 0 Å². The van der Waals surface area contributed by atoms with Gasteiger partial charge in [-0.2, -0.15) is 0 Å². The number of aliphatic hydroxyl groups is 1. The van der Waals surface area contributed by atoms with E-state index < -0.39 is 114 Å². The smallest absolute Gasteiger partial charge is 0.338 e. The highest BCUT2D eigenvalue weighted by Crippen LogP contribution is 2.47. The predicted octanol–water partition coefficient (Wildman–Crippen LogP) is 8.15. The number of rotatable bonds is 13. The summed E-state index contributed by atoms with van der Waals surface area (Å²) < 4.78 is 73.2. The lowest BCUT2D eigenvalue weighted by Crippen LogP contribution is -2.65. The molecule has 4 saturated heterocycles. The first-order chi connectivity index (χ1) is 33.8. The van der Waals surface area contributed by atoms with Crippen LogP contribution in [0.25, 0.3) is 0 Å². The van der Waals surface area contributed by atoms with Crippen LogP contribution in [0.15, 0.2) is 60.7 Å². The SMILES string of the molecule is CC[C@H]1OC(=O)[C@H](C)[C@@H](OC2C[C@@](C)(OC)[C@@H](OC(=O)c3ccccc3)[C@H](C)O2)[C@H](C)[C@@H](OC2O[C@H](C)C[C@H](N(C)C)[C@H]2OC(=O)c2ccccc2)[C@](C)(OC)C[C@@H](C)[C@@H]2OC(C)(C)O[C@H]([C@H]2C)[C@@]1(O)CC. The van der Waals surface area contributed by atoms with E-state index in [1.807, 2.05) is 93.4 Å². The van der Waals surface area contributed by atoms with E-state index in [1.54, 1.807) is 76.6 Å². The Morgan fingerprint density at radius 2 is 1.31 bits per heavy atom. The highest BCUT2D eigenvalue weighted by molar-refractivity contribution is 5.90. The molecule has 19 atom stereocenters. The van der Waals surface area contributed by atoms with Gasteiger partial charge in [-0.25, -0.2) is 9.59 Å². The number of hydrogen-bond donors (Lipinski definition) is 1. The Morgan fingerprint density at radius 3 is 1.85 bits per heavy atom. The van der Waals surface area contributed by atoms with Crippen LogP contribution in [-0.4, -0.2) is 152 Å². The Bertz CT molecular complexity index is 2090. The minimum atomic E-state index is -1.61. The number of cyclic esters (lactones) is 1. The number of esters is 3. The van der Waals surface area contributed by atoms with Crippen molar-refractivity contribution in [2.24, 2.45) is 23.7 Å². The van der Waals surface area contributed by atoms with Gasteiger partial charge < -0.3 is 62.1 Å². The minimum Gasteiger partial charge on any atom is -0.459 e. The number of nitrogens with zero attached hydrogens (tertiary/aromatic N) is 1. The molecule has 0 amide bonds. The quantitative estimate of drug-likeness (QED) is 0.150. The van der Waals surface area contributed by atoms with Crippen LogP contribution < -0.4 is 0 Å². The van der Waals surface area contributed by atoms with Gasteiger partial charge in [0.1, 0.15) is 17.3 Å². The summed E-state index contributed by atoms with van der Waals surface area (Å²) in [6, 6.07) is 17.2. The molecule has 16 heteroatoms. The molecule has 0 aromatic heterocycles. The summed E-state index contributed by atoms with van der Waals surface area (Å²) >= 11 is 0. The number of ether oxygens (including phenoxy) is 11. The molecule has 0 saturated carbocycles. The third-order valence-electron chi connectivity index (χ3n) is 16.1. The van der Waals surface area contributed by atoms with Gasteiger partial charge in [0.25, 0.3) is 0 Å². The zero-order chi connectivity index (χ0) is 53.1. The first kappa shape index (κ1) is 57.7. The van der Waals surface area contributed by atoms with Crippen molar-refractivity contribution in [3.8, 4) is 0 Å². The molecule has 4 aliphatic rings. The molecule has 1 N–H and O–H groups in total. The number of carbonyl (C=O) groups excluding carboxylic acids is 3. The van der Waals surface area contributed by atoms with Gasteiger partial charge in [0.2, 0.25) is 0 Å². The Kier molecular flexibility index (Phi) is 18.9. The van der Waals surface area contributed by atoms with Crippen LogP contribution in [0.5, 0.6) is 0 Å². The number of carbonyl (C=O) groups is 3. The van der Waals surface area contributed by atoms with E-state index in [1.165, 1.54) is 0 Å². The lowest BCUT2D eigenvalue weighted by molar-refractivity contribution is -0.363. The second kappa shape index (κ2) is 23.6. The fraction of sp³-hybridized carbons (Fsp3) is 0.732. The largest absolute Gasteiger partial charge is 0.459 e. The van der Waals surface area contributed by atoms with Gasteiger partial charge in [-0.05, 0) is 118 Å². The van der Waals surface area contributed by atoms with Crippen LogP contribution in [0, 0.1) is 23.7 Å². The number of hydrogen-bond acceptors (Lipinski definition) is 16. The maximum atomic E-state index is 15.1. The van der Waals surface area contributed by atoms with Gasteiger partial charge in [0, 0.05) is 32.5 Å². The average molecular weight is 1010 g/mol. The van der Waals surface area contributed by atoms with Gasteiger partial charge in [0.15, 0.2) is 30.6 Å². The van der Waals surface area contributed by atoms with Crippen LogP contribution in [0.3, 0.4) is 0 Å². The highest BCUT2D eigenvalue weighted by atomic mass is 16.7. The van der Waals surface area contributed by atoms with E-state index >= 15 is 4.79 Å². The Morgan fingerprint density at radius 1 is 0.736 bits per heavy atom. The summed E-state index contributed by atoms with van der Waals surface area (Å²) in [6.45, 7) is 22.8. The third-order valence-corrected chi connectivity index (χ3v) is 16.1. The molecule has 2 aromatic rings. The Hall–Kier alpha value is -3.55. The van der Waals surface area contributed by atoms with Gasteiger partial charge in [-0.1, -0.05) is 71.0 Å². The van der Waals surface area contributed by atoms with Crippen molar-refractivity contribution >= 4 is 17.9 Å². The lowest BCUT2D eigenvalue weighted by Gasteiger charge is -2.54. The molecule has 0 radical (unpaired) electrons.